The number of carbonyl (C=O) groups excluding carboxylic acids is 2. The van der Waals surface area contributed by atoms with Gasteiger partial charge in [-0.05, 0) is 43.5 Å². The summed E-state index contributed by atoms with van der Waals surface area (Å²) < 4.78 is 10.4. The predicted octanol–water partition coefficient (Wildman–Crippen LogP) is 2.92. The molecule has 3 N–H and O–H groups in total. The van der Waals surface area contributed by atoms with Crippen molar-refractivity contribution in [3.8, 4) is 5.75 Å². The average Bonchev–Trinajstić information content (AvgIpc) is 2.72. The van der Waals surface area contributed by atoms with E-state index in [1.54, 1.807) is 0 Å². The van der Waals surface area contributed by atoms with E-state index >= 15 is 0 Å². The summed E-state index contributed by atoms with van der Waals surface area (Å²) in [5.74, 6) is -0.545. The van der Waals surface area contributed by atoms with Gasteiger partial charge in [0.05, 0.1) is 4.92 Å². The molecule has 0 aromatic heterocycles. The number of nitrogens with two attached hydrogens (primary N) is 1. The Hall–Kier alpha value is -3.46. The number of nitro benzene ring substituents is 1. The Labute approximate surface area is 168 Å². The second kappa shape index (κ2) is 11.4. The second-order valence-electron chi connectivity index (χ2n) is 6.22. The van der Waals surface area contributed by atoms with E-state index in [1.807, 2.05) is 30.3 Å². The van der Waals surface area contributed by atoms with Crippen LogP contribution in [-0.4, -0.2) is 29.6 Å². The zero-order valence-corrected chi connectivity index (χ0v) is 15.8. The Kier molecular flexibility index (Phi) is 8.58. The number of unbranched alkanes of at least 4 members (excludes halogenated alkanes) is 1. The van der Waals surface area contributed by atoms with Gasteiger partial charge in [-0.15, -0.1) is 0 Å². The highest BCUT2D eigenvalue weighted by atomic mass is 16.6. The van der Waals surface area contributed by atoms with Gasteiger partial charge in [-0.1, -0.05) is 30.3 Å². The van der Waals surface area contributed by atoms with Crippen LogP contribution in [0.5, 0.6) is 5.75 Å². The van der Waals surface area contributed by atoms with Gasteiger partial charge >= 0.3 is 12.1 Å². The fraction of sp³-hybridized carbons (Fsp3) is 0.300. The van der Waals surface area contributed by atoms with Crippen molar-refractivity contribution >= 4 is 17.7 Å². The van der Waals surface area contributed by atoms with Crippen LogP contribution in [0.15, 0.2) is 54.6 Å². The van der Waals surface area contributed by atoms with Crippen LogP contribution >= 0.6 is 0 Å². The van der Waals surface area contributed by atoms with E-state index < -0.39 is 23.0 Å². The van der Waals surface area contributed by atoms with E-state index in [-0.39, 0.29) is 18.0 Å². The number of alkyl carbamates (subject to hydrolysis) is 1. The first-order chi connectivity index (χ1) is 14.0. The summed E-state index contributed by atoms with van der Waals surface area (Å²) in [7, 11) is 0. The lowest BCUT2D eigenvalue weighted by Crippen LogP contribution is -2.43. The Morgan fingerprint density at radius 1 is 1.07 bits per heavy atom. The molecule has 0 radical (unpaired) electrons. The summed E-state index contributed by atoms with van der Waals surface area (Å²) in [4.78, 5) is 34.7. The molecule has 154 valence electrons. The number of benzene rings is 2. The van der Waals surface area contributed by atoms with Crippen molar-refractivity contribution in [2.24, 2.45) is 5.73 Å². The smallest absolute Gasteiger partial charge is 0.408 e. The molecule has 1 amide bonds. The number of hydrogen-bond donors (Lipinski definition) is 2. The Bertz CT molecular complexity index is 811. The van der Waals surface area contributed by atoms with Crippen LogP contribution in [0.4, 0.5) is 10.5 Å². The van der Waals surface area contributed by atoms with Crippen LogP contribution in [0.1, 0.15) is 24.8 Å². The molecule has 0 heterocycles. The van der Waals surface area contributed by atoms with Crippen LogP contribution in [0.2, 0.25) is 0 Å². The molecule has 1 atom stereocenters. The molecule has 2 aromatic rings. The maximum atomic E-state index is 12.5. The minimum Gasteiger partial charge on any atom is -0.445 e. The fourth-order valence-corrected chi connectivity index (χ4v) is 2.47. The normalized spacial score (nSPS) is 11.3. The first-order valence-electron chi connectivity index (χ1n) is 9.13. The fourth-order valence-electron chi connectivity index (χ4n) is 2.47. The molecule has 0 bridgehead atoms. The highest BCUT2D eigenvalue weighted by Gasteiger charge is 2.23. The van der Waals surface area contributed by atoms with Gasteiger partial charge in [0.15, 0.2) is 0 Å². The number of non-ortho nitro benzene ring substituents is 1. The largest absolute Gasteiger partial charge is 0.445 e. The monoisotopic (exact) mass is 401 g/mol. The molecule has 0 aliphatic heterocycles. The van der Waals surface area contributed by atoms with Crippen molar-refractivity contribution in [1.82, 2.24) is 5.32 Å². The number of esters is 1. The number of nitrogens with one attached hydrogen (secondary N) is 1. The third kappa shape index (κ3) is 7.59. The predicted molar refractivity (Wildman–Crippen MR) is 105 cm³/mol. The number of hydrogen-bond acceptors (Lipinski definition) is 7. The Balaban J connectivity index is 1.95. The van der Waals surface area contributed by atoms with Crippen LogP contribution < -0.4 is 15.8 Å². The number of amides is 1. The maximum absolute atomic E-state index is 12.5. The zero-order chi connectivity index (χ0) is 21.1. The summed E-state index contributed by atoms with van der Waals surface area (Å²) >= 11 is 0. The van der Waals surface area contributed by atoms with E-state index in [2.05, 4.69) is 5.32 Å². The number of rotatable bonds is 10. The quantitative estimate of drug-likeness (QED) is 0.205. The van der Waals surface area contributed by atoms with Crippen molar-refractivity contribution in [3.05, 3.63) is 70.3 Å². The van der Waals surface area contributed by atoms with Gasteiger partial charge < -0.3 is 20.5 Å². The molecule has 0 unspecified atom stereocenters. The molecule has 0 spiro atoms. The number of nitro groups is 1. The minimum atomic E-state index is -0.931. The number of carbonyl (C=O) groups is 2. The maximum Gasteiger partial charge on any atom is 0.408 e. The van der Waals surface area contributed by atoms with Crippen LogP contribution in [0.3, 0.4) is 0 Å². The lowest BCUT2D eigenvalue weighted by molar-refractivity contribution is -0.384. The molecule has 9 heteroatoms. The minimum absolute atomic E-state index is 0.0690. The van der Waals surface area contributed by atoms with E-state index in [0.29, 0.717) is 25.8 Å². The Morgan fingerprint density at radius 2 is 1.76 bits per heavy atom. The summed E-state index contributed by atoms with van der Waals surface area (Å²) in [5, 5.41) is 13.2. The standard InChI is InChI=1S/C20H23N3O6/c21-13-5-4-8-18(22-20(25)28-14-15-6-2-1-3-7-15)19(24)29-17-11-9-16(10-12-17)23(26)27/h1-3,6-7,9-12,18H,4-5,8,13-14,21H2,(H,22,25)/t18-/m0/s1. The average molecular weight is 401 g/mol. The van der Waals surface area contributed by atoms with Gasteiger partial charge in [-0.2, -0.15) is 0 Å². The molecule has 0 aliphatic carbocycles. The van der Waals surface area contributed by atoms with Gasteiger partial charge in [-0.25, -0.2) is 9.59 Å². The lowest BCUT2D eigenvalue weighted by Gasteiger charge is -2.17. The van der Waals surface area contributed by atoms with Crippen LogP contribution in [-0.2, 0) is 16.1 Å². The molecular formula is C20H23N3O6. The molecular weight excluding hydrogens is 378 g/mol. The first kappa shape index (κ1) is 21.8. The van der Waals surface area contributed by atoms with Gasteiger partial charge in [0.2, 0.25) is 0 Å². The van der Waals surface area contributed by atoms with Crippen molar-refractivity contribution in [2.75, 3.05) is 6.54 Å². The zero-order valence-electron chi connectivity index (χ0n) is 15.8. The molecule has 2 aromatic carbocycles. The SMILES string of the molecule is NCCCC[C@H](NC(=O)OCc1ccccc1)C(=O)Oc1ccc([N+](=O)[O-])cc1. The van der Waals surface area contributed by atoms with Crippen LogP contribution in [0.25, 0.3) is 0 Å². The van der Waals surface area contributed by atoms with Crippen molar-refractivity contribution in [2.45, 2.75) is 31.9 Å². The van der Waals surface area contributed by atoms with Gasteiger partial charge in [0, 0.05) is 12.1 Å². The van der Waals surface area contributed by atoms with E-state index in [1.165, 1.54) is 24.3 Å². The van der Waals surface area contributed by atoms with Crippen molar-refractivity contribution < 1.29 is 24.0 Å². The summed E-state index contributed by atoms with van der Waals surface area (Å²) in [6.07, 6.45) is 0.869. The van der Waals surface area contributed by atoms with Crippen molar-refractivity contribution in [3.63, 3.8) is 0 Å². The second-order valence-corrected chi connectivity index (χ2v) is 6.22. The van der Waals surface area contributed by atoms with Gasteiger partial charge in [0.25, 0.3) is 5.69 Å². The molecule has 0 saturated heterocycles. The molecule has 9 nitrogen and oxygen atoms in total. The Morgan fingerprint density at radius 3 is 2.38 bits per heavy atom. The number of ether oxygens (including phenoxy) is 2. The summed E-state index contributed by atoms with van der Waals surface area (Å²) in [6.45, 7) is 0.530. The summed E-state index contributed by atoms with van der Waals surface area (Å²) in [5.41, 5.74) is 6.18. The molecule has 0 saturated carbocycles. The highest BCUT2D eigenvalue weighted by Crippen LogP contribution is 2.18. The van der Waals surface area contributed by atoms with E-state index in [9.17, 15) is 19.7 Å². The highest BCUT2D eigenvalue weighted by molar-refractivity contribution is 5.82. The molecule has 29 heavy (non-hydrogen) atoms. The van der Waals surface area contributed by atoms with Gasteiger partial charge in [-0.3, -0.25) is 10.1 Å². The molecule has 0 fully saturated rings. The molecule has 2 rings (SSSR count). The van der Waals surface area contributed by atoms with E-state index in [0.717, 1.165) is 5.56 Å². The van der Waals surface area contributed by atoms with E-state index in [4.69, 9.17) is 15.2 Å². The topological polar surface area (TPSA) is 134 Å². The number of nitrogens with zero attached hydrogens (tertiary/aromatic N) is 1. The third-order valence-corrected chi connectivity index (χ3v) is 4.00. The van der Waals surface area contributed by atoms with Gasteiger partial charge in [0.1, 0.15) is 18.4 Å². The van der Waals surface area contributed by atoms with Crippen molar-refractivity contribution in [1.29, 1.82) is 0 Å². The van der Waals surface area contributed by atoms with Crippen LogP contribution in [0, 0.1) is 10.1 Å². The molecule has 0 aliphatic rings. The first-order valence-corrected chi connectivity index (χ1v) is 9.13. The summed E-state index contributed by atoms with van der Waals surface area (Å²) in [6, 6.07) is 13.3. The lowest BCUT2D eigenvalue weighted by atomic mass is 10.1. The third-order valence-electron chi connectivity index (χ3n) is 4.00.